The highest BCUT2D eigenvalue weighted by atomic mass is 16.7. The minimum atomic E-state index is -0.825. The molecule has 7 rings (SSSR count). The van der Waals surface area contributed by atoms with Gasteiger partial charge in [-0.1, -0.05) is 6.92 Å². The summed E-state index contributed by atoms with van der Waals surface area (Å²) in [4.78, 5) is 2.61. The summed E-state index contributed by atoms with van der Waals surface area (Å²) < 4.78 is 38.3. The van der Waals surface area contributed by atoms with Crippen LogP contribution >= 0.6 is 0 Å². The molecular formula is C26H41NO7. The van der Waals surface area contributed by atoms with Gasteiger partial charge in [0.1, 0.15) is 18.0 Å². The smallest absolute Gasteiger partial charge is 0.148 e. The monoisotopic (exact) mass is 479 g/mol. The quantitative estimate of drug-likeness (QED) is 0.611. The van der Waals surface area contributed by atoms with Gasteiger partial charge in [-0.15, -0.1) is 0 Å². The van der Waals surface area contributed by atoms with E-state index in [1.807, 2.05) is 21.3 Å². The van der Waals surface area contributed by atoms with Gasteiger partial charge in [0.25, 0.3) is 0 Å². The first kappa shape index (κ1) is 22.8. The van der Waals surface area contributed by atoms with E-state index in [1.165, 1.54) is 0 Å². The number of methoxy groups -OCH3 is 4. The molecule has 13 atom stereocenters. The summed E-state index contributed by atoms with van der Waals surface area (Å²) in [5.41, 5.74) is -1.83. The van der Waals surface area contributed by atoms with Crippen molar-refractivity contribution in [2.45, 2.75) is 74.3 Å². The lowest BCUT2D eigenvalue weighted by Crippen LogP contribution is -2.81. The Morgan fingerprint density at radius 2 is 1.91 bits per heavy atom. The number of rotatable bonds is 6. The van der Waals surface area contributed by atoms with Gasteiger partial charge in [0.05, 0.1) is 37.1 Å². The number of likely N-dealkylation sites (tertiary alicyclic amines) is 1. The van der Waals surface area contributed by atoms with Gasteiger partial charge in [0, 0.05) is 70.0 Å². The largest absolute Gasteiger partial charge is 0.390 e. The standard InChI is InChI=1S/C26H41NO7/c1-6-27-11-23(12-29-2)8-7-17(31-4)25-15-9-14-16(30-3)10-24(18(15)19(14)32-5)26(22(25)27,34-13-33-24)21(28)20(23)25/h14-22,28H,6-13H2,1-5H3/t14-,15?,16+,17+,18?,19?,20?,21?,22-,23+,24?,25+,26+/m1/s1. The van der Waals surface area contributed by atoms with Crippen LogP contribution in [0.3, 0.4) is 0 Å². The molecular weight excluding hydrogens is 438 g/mol. The number of nitrogens with zero attached hydrogens (tertiary/aromatic N) is 1. The number of fused-ring (bicyclic) bond motifs is 1. The lowest BCUT2D eigenvalue weighted by atomic mass is 9.42. The Kier molecular flexibility index (Phi) is 4.81. The van der Waals surface area contributed by atoms with E-state index in [9.17, 15) is 5.11 Å². The molecule has 7 bridgehead atoms. The minimum Gasteiger partial charge on any atom is -0.390 e. The van der Waals surface area contributed by atoms with Crippen LogP contribution in [0.2, 0.25) is 0 Å². The second-order valence-corrected chi connectivity index (χ2v) is 12.2. The summed E-state index contributed by atoms with van der Waals surface area (Å²) in [6.07, 6.45) is 3.20. The van der Waals surface area contributed by atoms with E-state index < -0.39 is 17.3 Å². The van der Waals surface area contributed by atoms with E-state index in [2.05, 4.69) is 11.8 Å². The van der Waals surface area contributed by atoms with Crippen molar-refractivity contribution in [3.63, 3.8) is 0 Å². The predicted molar refractivity (Wildman–Crippen MR) is 121 cm³/mol. The van der Waals surface area contributed by atoms with E-state index in [0.29, 0.717) is 18.4 Å². The van der Waals surface area contributed by atoms with Crippen molar-refractivity contribution in [2.75, 3.05) is 54.9 Å². The molecule has 2 saturated heterocycles. The predicted octanol–water partition coefficient (Wildman–Crippen LogP) is 1.29. The lowest BCUT2D eigenvalue weighted by molar-refractivity contribution is -0.287. The third kappa shape index (κ3) is 2.05. The fourth-order valence-corrected chi connectivity index (χ4v) is 11.7. The lowest BCUT2D eigenvalue weighted by Gasteiger charge is -2.70. The van der Waals surface area contributed by atoms with Crippen molar-refractivity contribution in [3.05, 3.63) is 0 Å². The Balaban J connectivity index is 1.55. The zero-order valence-corrected chi connectivity index (χ0v) is 21.2. The number of aliphatic hydroxyl groups is 1. The van der Waals surface area contributed by atoms with E-state index in [4.69, 9.17) is 28.4 Å². The number of piperidine rings is 1. The summed E-state index contributed by atoms with van der Waals surface area (Å²) in [6, 6.07) is 0.0378. The summed E-state index contributed by atoms with van der Waals surface area (Å²) >= 11 is 0. The van der Waals surface area contributed by atoms with Crippen LogP contribution in [-0.2, 0) is 28.4 Å². The maximum atomic E-state index is 12.6. The summed E-state index contributed by atoms with van der Waals surface area (Å²) in [7, 11) is 7.32. The molecule has 8 heteroatoms. The van der Waals surface area contributed by atoms with Crippen LogP contribution in [0, 0.1) is 34.5 Å². The zero-order chi connectivity index (χ0) is 23.7. The molecule has 0 amide bonds. The Morgan fingerprint density at radius 1 is 1.09 bits per heavy atom. The van der Waals surface area contributed by atoms with Crippen molar-refractivity contribution < 1.29 is 33.5 Å². The molecule has 7 aliphatic rings. The molecule has 8 nitrogen and oxygen atoms in total. The van der Waals surface area contributed by atoms with Crippen LogP contribution < -0.4 is 0 Å². The second kappa shape index (κ2) is 7.16. The summed E-state index contributed by atoms with van der Waals surface area (Å²) in [5, 5.41) is 12.6. The minimum absolute atomic E-state index is 0.0240. The topological polar surface area (TPSA) is 78.9 Å². The molecule has 1 N–H and O–H groups in total. The first-order valence-electron chi connectivity index (χ1n) is 13.2. The van der Waals surface area contributed by atoms with Gasteiger partial charge in [-0.25, -0.2) is 0 Å². The van der Waals surface area contributed by atoms with Gasteiger partial charge in [0.2, 0.25) is 0 Å². The van der Waals surface area contributed by atoms with E-state index >= 15 is 0 Å². The average molecular weight is 480 g/mol. The highest BCUT2D eigenvalue weighted by Gasteiger charge is 2.93. The second-order valence-electron chi connectivity index (χ2n) is 12.2. The van der Waals surface area contributed by atoms with E-state index in [-0.39, 0.29) is 53.8 Å². The van der Waals surface area contributed by atoms with E-state index in [0.717, 1.165) is 38.8 Å². The van der Waals surface area contributed by atoms with Crippen molar-refractivity contribution in [1.82, 2.24) is 4.90 Å². The Morgan fingerprint density at radius 3 is 2.59 bits per heavy atom. The summed E-state index contributed by atoms with van der Waals surface area (Å²) in [5.74, 6) is 0.813. The van der Waals surface area contributed by atoms with Gasteiger partial charge in [-0.05, 0) is 31.7 Å². The third-order valence-corrected chi connectivity index (χ3v) is 12.0. The number of aliphatic hydroxyl groups excluding tert-OH is 1. The van der Waals surface area contributed by atoms with Crippen LogP contribution in [0.5, 0.6) is 0 Å². The molecule has 34 heavy (non-hydrogen) atoms. The SMILES string of the molecule is CCN1C[C@]2(COC)CC[C@H](OC)[C@@]34C5C[C@H]6C(OC)C5C5(C[C@@H]6OC)OCO[C@@]5(C(O)C23)[C@H]14. The third-order valence-electron chi connectivity index (χ3n) is 12.0. The molecule has 0 aromatic heterocycles. The highest BCUT2D eigenvalue weighted by Crippen LogP contribution is 2.82. The Labute approximate surface area is 202 Å². The molecule has 5 saturated carbocycles. The van der Waals surface area contributed by atoms with Crippen molar-refractivity contribution >= 4 is 0 Å². The maximum absolute atomic E-state index is 12.6. The first-order chi connectivity index (χ1) is 16.5. The first-order valence-corrected chi connectivity index (χ1v) is 13.2. The van der Waals surface area contributed by atoms with Crippen LogP contribution in [0.4, 0.5) is 0 Å². The molecule has 0 aromatic rings. The molecule has 6 unspecified atom stereocenters. The van der Waals surface area contributed by atoms with Gasteiger partial charge in [-0.3, -0.25) is 4.90 Å². The molecule has 7 fully saturated rings. The Bertz CT molecular complexity index is 859. The molecule has 192 valence electrons. The van der Waals surface area contributed by atoms with E-state index in [1.54, 1.807) is 7.11 Å². The highest BCUT2D eigenvalue weighted by molar-refractivity contribution is 5.42. The fraction of sp³-hybridized carbons (Fsp3) is 1.00. The van der Waals surface area contributed by atoms with Crippen molar-refractivity contribution in [1.29, 1.82) is 0 Å². The van der Waals surface area contributed by atoms with Crippen LogP contribution in [-0.4, -0.2) is 107 Å². The van der Waals surface area contributed by atoms with Crippen LogP contribution in [0.15, 0.2) is 0 Å². The number of likely N-dealkylation sites (N-methyl/N-ethyl adjacent to an activating group) is 1. The summed E-state index contributed by atoms with van der Waals surface area (Å²) in [6.45, 7) is 4.93. The normalized spacial score (nSPS) is 61.1. The molecule has 2 aliphatic heterocycles. The number of hydrogen-bond acceptors (Lipinski definition) is 8. The molecule has 2 heterocycles. The average Bonchev–Trinajstić information content (AvgIpc) is 3.42. The number of hydrogen-bond donors (Lipinski definition) is 1. The molecule has 0 aromatic carbocycles. The fourth-order valence-electron chi connectivity index (χ4n) is 11.7. The molecule has 3 spiro atoms. The number of ether oxygens (including phenoxy) is 6. The van der Waals surface area contributed by atoms with Gasteiger partial charge < -0.3 is 33.5 Å². The van der Waals surface area contributed by atoms with Crippen LogP contribution in [0.1, 0.15) is 32.6 Å². The van der Waals surface area contributed by atoms with Crippen LogP contribution in [0.25, 0.3) is 0 Å². The Hall–Kier alpha value is -0.320. The zero-order valence-electron chi connectivity index (χ0n) is 21.2. The van der Waals surface area contributed by atoms with Crippen molar-refractivity contribution in [2.24, 2.45) is 34.5 Å². The van der Waals surface area contributed by atoms with Gasteiger partial charge >= 0.3 is 0 Å². The van der Waals surface area contributed by atoms with Gasteiger partial charge in [0.15, 0.2) is 0 Å². The molecule has 5 aliphatic carbocycles. The van der Waals surface area contributed by atoms with Gasteiger partial charge in [-0.2, -0.15) is 0 Å². The maximum Gasteiger partial charge on any atom is 0.148 e. The molecule has 0 radical (unpaired) electrons. The van der Waals surface area contributed by atoms with Crippen molar-refractivity contribution in [3.8, 4) is 0 Å².